The van der Waals surface area contributed by atoms with Crippen molar-refractivity contribution in [1.29, 1.82) is 0 Å². The molecule has 3 nitrogen and oxygen atoms in total. The maximum atomic E-state index is 12.9. The van der Waals surface area contributed by atoms with Crippen LogP contribution >= 0.6 is 24.0 Å². The van der Waals surface area contributed by atoms with Gasteiger partial charge in [-0.15, -0.1) is 0 Å². The minimum absolute atomic E-state index is 0.0528. The molecule has 140 valence electrons. The molecule has 0 unspecified atom stereocenters. The average Bonchev–Trinajstić information content (AvgIpc) is 2.94. The Bertz CT molecular complexity index is 855. The molecule has 1 saturated heterocycles. The second-order valence-corrected chi connectivity index (χ2v) is 8.45. The van der Waals surface area contributed by atoms with Gasteiger partial charge in [0.1, 0.15) is 0 Å². The van der Waals surface area contributed by atoms with Crippen LogP contribution in [0.4, 0.5) is 11.4 Å². The zero-order chi connectivity index (χ0) is 19.4. The second kappa shape index (κ2) is 8.72. The van der Waals surface area contributed by atoms with Crippen molar-refractivity contribution in [2.24, 2.45) is 0 Å². The summed E-state index contributed by atoms with van der Waals surface area (Å²) in [5.41, 5.74) is 4.26. The Morgan fingerprint density at radius 3 is 2.33 bits per heavy atom. The van der Waals surface area contributed by atoms with E-state index in [0.717, 1.165) is 23.4 Å². The number of amides is 1. The van der Waals surface area contributed by atoms with E-state index in [2.05, 4.69) is 19.1 Å². The first-order valence-electron chi connectivity index (χ1n) is 9.14. The van der Waals surface area contributed by atoms with Crippen molar-refractivity contribution in [1.82, 2.24) is 0 Å². The van der Waals surface area contributed by atoms with E-state index in [-0.39, 0.29) is 5.91 Å². The SMILES string of the molecule is CCCCc1ccc(N2C(=O)C(=Cc3ccc(N(C)C)cc3)SC2=S)cc1. The van der Waals surface area contributed by atoms with Gasteiger partial charge in [-0.2, -0.15) is 0 Å². The van der Waals surface area contributed by atoms with E-state index in [1.807, 2.05) is 61.5 Å². The van der Waals surface area contributed by atoms with Crippen LogP contribution in [0, 0.1) is 0 Å². The Kier molecular flexibility index (Phi) is 6.34. The predicted molar refractivity (Wildman–Crippen MR) is 121 cm³/mol. The Morgan fingerprint density at radius 1 is 1.07 bits per heavy atom. The fourth-order valence-corrected chi connectivity index (χ4v) is 4.20. The molecule has 5 heteroatoms. The van der Waals surface area contributed by atoms with Crippen LogP contribution in [0.3, 0.4) is 0 Å². The smallest absolute Gasteiger partial charge is 0.270 e. The zero-order valence-corrected chi connectivity index (χ0v) is 17.6. The molecule has 0 bridgehead atoms. The maximum absolute atomic E-state index is 12.9. The number of hydrogen-bond acceptors (Lipinski definition) is 4. The Balaban J connectivity index is 1.78. The molecule has 0 aliphatic carbocycles. The third-order valence-electron chi connectivity index (χ3n) is 4.51. The van der Waals surface area contributed by atoms with Crippen LogP contribution in [0.1, 0.15) is 30.9 Å². The van der Waals surface area contributed by atoms with E-state index in [4.69, 9.17) is 12.2 Å². The van der Waals surface area contributed by atoms with Crippen molar-refractivity contribution in [3.05, 3.63) is 64.6 Å². The molecule has 2 aromatic carbocycles. The normalized spacial score (nSPS) is 15.7. The molecular formula is C22H24N2OS2. The molecule has 1 heterocycles. The van der Waals surface area contributed by atoms with Crippen molar-refractivity contribution in [3.8, 4) is 0 Å². The van der Waals surface area contributed by atoms with Gasteiger partial charge in [-0.3, -0.25) is 9.69 Å². The van der Waals surface area contributed by atoms with Gasteiger partial charge in [0.2, 0.25) is 0 Å². The number of aryl methyl sites for hydroxylation is 1. The lowest BCUT2D eigenvalue weighted by molar-refractivity contribution is -0.113. The molecule has 27 heavy (non-hydrogen) atoms. The summed E-state index contributed by atoms with van der Waals surface area (Å²) >= 11 is 6.83. The molecule has 0 saturated carbocycles. The molecule has 0 N–H and O–H groups in total. The summed E-state index contributed by atoms with van der Waals surface area (Å²) < 4.78 is 0.581. The number of thiocarbonyl (C=S) groups is 1. The maximum Gasteiger partial charge on any atom is 0.270 e. The second-order valence-electron chi connectivity index (χ2n) is 6.77. The largest absolute Gasteiger partial charge is 0.378 e. The summed E-state index contributed by atoms with van der Waals surface area (Å²) in [5.74, 6) is -0.0528. The highest BCUT2D eigenvalue weighted by Gasteiger charge is 2.33. The first kappa shape index (κ1) is 19.6. The molecule has 1 amide bonds. The van der Waals surface area contributed by atoms with Gasteiger partial charge < -0.3 is 4.90 Å². The van der Waals surface area contributed by atoms with Crippen molar-refractivity contribution in [2.75, 3.05) is 23.9 Å². The van der Waals surface area contributed by atoms with Gasteiger partial charge in [0.05, 0.1) is 10.6 Å². The third kappa shape index (κ3) is 4.60. The highest BCUT2D eigenvalue weighted by Crippen LogP contribution is 2.36. The number of rotatable bonds is 6. The summed E-state index contributed by atoms with van der Waals surface area (Å²) in [6, 6.07) is 16.3. The molecule has 1 aliphatic heterocycles. The molecule has 1 fully saturated rings. The van der Waals surface area contributed by atoms with Gasteiger partial charge in [-0.05, 0) is 54.3 Å². The Morgan fingerprint density at radius 2 is 1.74 bits per heavy atom. The van der Waals surface area contributed by atoms with E-state index in [1.165, 1.54) is 30.2 Å². The van der Waals surface area contributed by atoms with Crippen molar-refractivity contribution < 1.29 is 4.79 Å². The molecule has 2 aromatic rings. The van der Waals surface area contributed by atoms with Crippen LogP contribution in [0.25, 0.3) is 6.08 Å². The molecular weight excluding hydrogens is 372 g/mol. The topological polar surface area (TPSA) is 23.6 Å². The number of unbranched alkanes of at least 4 members (excludes halogenated alkanes) is 1. The van der Waals surface area contributed by atoms with Crippen molar-refractivity contribution in [2.45, 2.75) is 26.2 Å². The molecule has 0 spiro atoms. The fraction of sp³-hybridized carbons (Fsp3) is 0.273. The van der Waals surface area contributed by atoms with Gasteiger partial charge in [-0.25, -0.2) is 0 Å². The average molecular weight is 397 g/mol. The van der Waals surface area contributed by atoms with Crippen LogP contribution in [0.15, 0.2) is 53.4 Å². The van der Waals surface area contributed by atoms with Crippen molar-refractivity contribution in [3.63, 3.8) is 0 Å². The Labute approximate surface area is 171 Å². The predicted octanol–water partition coefficient (Wildman–Crippen LogP) is 5.50. The highest BCUT2D eigenvalue weighted by molar-refractivity contribution is 8.27. The summed E-state index contributed by atoms with van der Waals surface area (Å²) in [4.78, 5) is 17.2. The third-order valence-corrected chi connectivity index (χ3v) is 5.82. The van der Waals surface area contributed by atoms with Crippen LogP contribution in [0.2, 0.25) is 0 Å². The number of thioether (sulfide) groups is 1. The first-order valence-corrected chi connectivity index (χ1v) is 10.4. The number of benzene rings is 2. The van der Waals surface area contributed by atoms with E-state index in [0.29, 0.717) is 9.23 Å². The van der Waals surface area contributed by atoms with Gasteiger partial charge in [0.25, 0.3) is 5.91 Å². The lowest BCUT2D eigenvalue weighted by Crippen LogP contribution is -2.27. The number of anilines is 2. The number of nitrogens with zero attached hydrogens (tertiary/aromatic N) is 2. The zero-order valence-electron chi connectivity index (χ0n) is 15.9. The standard InChI is InChI=1S/C22H24N2OS2/c1-4-5-6-16-7-13-19(14-8-16)24-21(25)20(27-22(24)26)15-17-9-11-18(12-10-17)23(2)3/h7-15H,4-6H2,1-3H3. The molecule has 1 aliphatic rings. The minimum atomic E-state index is -0.0528. The lowest BCUT2D eigenvalue weighted by atomic mass is 10.1. The monoisotopic (exact) mass is 396 g/mol. The number of carbonyl (C=O) groups is 1. The molecule has 0 radical (unpaired) electrons. The quantitative estimate of drug-likeness (QED) is 0.475. The van der Waals surface area contributed by atoms with Crippen LogP contribution in [-0.2, 0) is 11.2 Å². The summed E-state index contributed by atoms with van der Waals surface area (Å²) in [6.45, 7) is 2.19. The van der Waals surface area contributed by atoms with E-state index in [9.17, 15) is 4.79 Å². The summed E-state index contributed by atoms with van der Waals surface area (Å²) in [6.07, 6.45) is 5.33. The minimum Gasteiger partial charge on any atom is -0.378 e. The van der Waals surface area contributed by atoms with Gasteiger partial charge in [-0.1, -0.05) is 61.6 Å². The van der Waals surface area contributed by atoms with Gasteiger partial charge in [0.15, 0.2) is 4.32 Å². The Hall–Kier alpha value is -2.11. The summed E-state index contributed by atoms with van der Waals surface area (Å²) in [7, 11) is 4.02. The highest BCUT2D eigenvalue weighted by atomic mass is 32.2. The van der Waals surface area contributed by atoms with Crippen LogP contribution < -0.4 is 9.80 Å². The summed E-state index contributed by atoms with van der Waals surface area (Å²) in [5, 5.41) is 0. The van der Waals surface area contributed by atoms with E-state index < -0.39 is 0 Å². The van der Waals surface area contributed by atoms with E-state index in [1.54, 1.807) is 4.90 Å². The van der Waals surface area contributed by atoms with Crippen LogP contribution in [-0.4, -0.2) is 24.3 Å². The van der Waals surface area contributed by atoms with Crippen LogP contribution in [0.5, 0.6) is 0 Å². The van der Waals surface area contributed by atoms with E-state index >= 15 is 0 Å². The molecule has 0 aromatic heterocycles. The first-order chi connectivity index (χ1) is 13.0. The van der Waals surface area contributed by atoms with Gasteiger partial charge >= 0.3 is 0 Å². The lowest BCUT2D eigenvalue weighted by Gasteiger charge is -2.15. The van der Waals surface area contributed by atoms with Gasteiger partial charge in [0, 0.05) is 19.8 Å². The van der Waals surface area contributed by atoms with Crippen molar-refractivity contribution >= 4 is 51.7 Å². The number of carbonyl (C=O) groups excluding carboxylic acids is 1. The number of hydrogen-bond donors (Lipinski definition) is 0. The fourth-order valence-electron chi connectivity index (χ4n) is 2.90. The molecule has 0 atom stereocenters. The molecule has 3 rings (SSSR count).